The van der Waals surface area contributed by atoms with Gasteiger partial charge in [0.2, 0.25) is 0 Å². The molecule has 3 aromatic rings. The predicted molar refractivity (Wildman–Crippen MR) is 67.6 cm³/mol. The van der Waals surface area contributed by atoms with Gasteiger partial charge >= 0.3 is 0 Å². The molecule has 0 fully saturated rings. The van der Waals surface area contributed by atoms with Gasteiger partial charge in [0.15, 0.2) is 0 Å². The number of phenolic OH excluding ortho intramolecular Hbond substituents is 1. The van der Waals surface area contributed by atoms with Gasteiger partial charge in [0.05, 0.1) is 5.69 Å². The maximum absolute atomic E-state index is 9.52. The third kappa shape index (κ3) is 1.59. The highest BCUT2D eigenvalue weighted by molar-refractivity contribution is 5.95. The van der Waals surface area contributed by atoms with Gasteiger partial charge in [-0.15, -0.1) is 0 Å². The number of hydrogen-bond donors (Lipinski definition) is 3. The summed E-state index contributed by atoms with van der Waals surface area (Å²) in [4.78, 5) is 7.42. The van der Waals surface area contributed by atoms with Crippen LogP contribution in [0, 0.1) is 0 Å². The van der Waals surface area contributed by atoms with Crippen LogP contribution in [0.5, 0.6) is 5.75 Å². The van der Waals surface area contributed by atoms with Gasteiger partial charge in [-0.1, -0.05) is 0 Å². The van der Waals surface area contributed by atoms with Gasteiger partial charge in [-0.25, -0.2) is 0 Å². The van der Waals surface area contributed by atoms with Crippen LogP contribution in [0.1, 0.15) is 0 Å². The number of rotatable bonds is 1. The molecule has 0 radical (unpaired) electrons. The second-order valence-electron chi connectivity index (χ2n) is 3.91. The summed E-state index contributed by atoms with van der Waals surface area (Å²) in [5, 5.41) is 10.4. The number of benzene rings is 1. The molecule has 0 unspecified atom stereocenters. The highest BCUT2D eigenvalue weighted by Crippen LogP contribution is 2.30. The number of nitrogens with one attached hydrogen (secondary N) is 1. The average molecular weight is 225 g/mol. The lowest BCUT2D eigenvalue weighted by Crippen LogP contribution is -1.87. The van der Waals surface area contributed by atoms with E-state index in [9.17, 15) is 5.11 Å². The largest absolute Gasteiger partial charge is 0.508 e. The van der Waals surface area contributed by atoms with Gasteiger partial charge < -0.3 is 15.8 Å². The van der Waals surface area contributed by atoms with Crippen LogP contribution in [0.4, 0.5) is 5.69 Å². The van der Waals surface area contributed by atoms with Crippen LogP contribution >= 0.6 is 0 Å². The van der Waals surface area contributed by atoms with Crippen molar-refractivity contribution in [2.45, 2.75) is 0 Å². The van der Waals surface area contributed by atoms with Gasteiger partial charge in [0, 0.05) is 34.5 Å². The van der Waals surface area contributed by atoms with E-state index >= 15 is 0 Å². The lowest BCUT2D eigenvalue weighted by atomic mass is 10.1. The molecule has 3 rings (SSSR count). The monoisotopic (exact) mass is 225 g/mol. The molecule has 17 heavy (non-hydrogen) atoms. The van der Waals surface area contributed by atoms with Crippen molar-refractivity contribution >= 4 is 16.6 Å². The highest BCUT2D eigenvalue weighted by atomic mass is 16.3. The molecule has 0 aliphatic carbocycles. The smallest absolute Gasteiger partial charge is 0.116 e. The number of anilines is 1. The third-order valence-corrected chi connectivity index (χ3v) is 2.73. The Morgan fingerprint density at radius 2 is 2.06 bits per heavy atom. The van der Waals surface area contributed by atoms with E-state index in [1.54, 1.807) is 24.4 Å². The summed E-state index contributed by atoms with van der Waals surface area (Å²) in [5.74, 6) is 0.238. The lowest BCUT2D eigenvalue weighted by Gasteiger charge is -2.00. The second-order valence-corrected chi connectivity index (χ2v) is 3.91. The zero-order valence-corrected chi connectivity index (χ0v) is 9.01. The molecular weight excluding hydrogens is 214 g/mol. The Morgan fingerprint density at radius 1 is 1.18 bits per heavy atom. The van der Waals surface area contributed by atoms with Gasteiger partial charge in [0.25, 0.3) is 0 Å². The Hall–Kier alpha value is -2.49. The van der Waals surface area contributed by atoms with Crippen LogP contribution in [-0.4, -0.2) is 15.1 Å². The van der Waals surface area contributed by atoms with Crippen molar-refractivity contribution in [2.24, 2.45) is 0 Å². The number of nitrogens with zero attached hydrogens (tertiary/aromatic N) is 1. The lowest BCUT2D eigenvalue weighted by molar-refractivity contribution is 0.476. The highest BCUT2D eigenvalue weighted by Gasteiger charge is 2.07. The first-order chi connectivity index (χ1) is 8.24. The van der Waals surface area contributed by atoms with Gasteiger partial charge in [-0.2, -0.15) is 0 Å². The van der Waals surface area contributed by atoms with E-state index in [-0.39, 0.29) is 5.75 Å². The number of fused-ring (bicyclic) bond motifs is 1. The van der Waals surface area contributed by atoms with Crippen molar-refractivity contribution in [1.29, 1.82) is 0 Å². The maximum atomic E-state index is 9.52. The number of pyridine rings is 1. The van der Waals surface area contributed by atoms with Gasteiger partial charge in [0.1, 0.15) is 5.75 Å². The van der Waals surface area contributed by atoms with Crippen LogP contribution < -0.4 is 5.73 Å². The van der Waals surface area contributed by atoms with E-state index in [2.05, 4.69) is 9.97 Å². The topological polar surface area (TPSA) is 74.9 Å². The van der Waals surface area contributed by atoms with E-state index in [1.807, 2.05) is 18.3 Å². The SMILES string of the molecule is Nc1ccnc(-c2c[nH]c3ccc(O)cc23)c1. The summed E-state index contributed by atoms with van der Waals surface area (Å²) in [5.41, 5.74) is 9.10. The fraction of sp³-hybridized carbons (Fsp3) is 0. The zero-order valence-electron chi connectivity index (χ0n) is 9.01. The number of aromatic hydroxyl groups is 1. The number of aromatic amines is 1. The molecule has 0 saturated carbocycles. The molecule has 0 atom stereocenters. The van der Waals surface area contributed by atoms with E-state index < -0.39 is 0 Å². The van der Waals surface area contributed by atoms with Crippen LogP contribution in [0.3, 0.4) is 0 Å². The van der Waals surface area contributed by atoms with Gasteiger partial charge in [-0.05, 0) is 30.3 Å². The number of nitrogens with two attached hydrogens (primary N) is 1. The quantitative estimate of drug-likeness (QED) is 0.595. The van der Waals surface area contributed by atoms with Crippen molar-refractivity contribution in [3.8, 4) is 17.0 Å². The van der Waals surface area contributed by atoms with Crippen LogP contribution in [0.15, 0.2) is 42.7 Å². The summed E-state index contributed by atoms with van der Waals surface area (Å²) in [6.07, 6.45) is 3.54. The van der Waals surface area contributed by atoms with Crippen molar-refractivity contribution in [2.75, 3.05) is 5.73 Å². The molecule has 0 aliphatic heterocycles. The number of phenols is 1. The zero-order chi connectivity index (χ0) is 11.8. The van der Waals surface area contributed by atoms with E-state index in [1.165, 1.54) is 0 Å². The third-order valence-electron chi connectivity index (χ3n) is 2.73. The number of hydrogen-bond acceptors (Lipinski definition) is 3. The Morgan fingerprint density at radius 3 is 2.88 bits per heavy atom. The summed E-state index contributed by atoms with van der Waals surface area (Å²) in [6, 6.07) is 8.75. The second kappa shape index (κ2) is 3.52. The minimum Gasteiger partial charge on any atom is -0.508 e. The minimum absolute atomic E-state index is 0.238. The van der Waals surface area contributed by atoms with Crippen molar-refractivity contribution in [3.63, 3.8) is 0 Å². The van der Waals surface area contributed by atoms with Crippen LogP contribution in [-0.2, 0) is 0 Å². The first kappa shape index (κ1) is 9.72. The van der Waals surface area contributed by atoms with E-state index in [0.717, 1.165) is 22.2 Å². The fourth-order valence-electron chi connectivity index (χ4n) is 1.91. The molecule has 84 valence electrons. The fourth-order valence-corrected chi connectivity index (χ4v) is 1.91. The molecule has 1 aromatic carbocycles. The van der Waals surface area contributed by atoms with Crippen LogP contribution in [0.25, 0.3) is 22.2 Å². The molecular formula is C13H11N3O. The molecule has 4 heteroatoms. The van der Waals surface area contributed by atoms with E-state index in [0.29, 0.717) is 5.69 Å². The molecule has 0 aliphatic rings. The molecule has 0 spiro atoms. The predicted octanol–water partition coefficient (Wildman–Crippen LogP) is 2.52. The molecule has 2 aromatic heterocycles. The van der Waals surface area contributed by atoms with Crippen molar-refractivity contribution < 1.29 is 5.11 Å². The molecule has 0 bridgehead atoms. The average Bonchev–Trinajstić information content (AvgIpc) is 2.71. The van der Waals surface area contributed by atoms with Crippen molar-refractivity contribution in [1.82, 2.24) is 9.97 Å². The van der Waals surface area contributed by atoms with Crippen molar-refractivity contribution in [3.05, 3.63) is 42.7 Å². The summed E-state index contributed by atoms with van der Waals surface area (Å²) in [7, 11) is 0. The summed E-state index contributed by atoms with van der Waals surface area (Å²) >= 11 is 0. The minimum atomic E-state index is 0.238. The Bertz CT molecular complexity index is 688. The normalized spacial score (nSPS) is 10.8. The number of H-pyrrole nitrogens is 1. The standard InChI is InChI=1S/C13H11N3O/c14-8-3-4-15-13(5-8)11-7-16-12-2-1-9(17)6-10(11)12/h1-7,16-17H,(H2,14,15). The summed E-state index contributed by atoms with van der Waals surface area (Å²) in [6.45, 7) is 0. The maximum Gasteiger partial charge on any atom is 0.116 e. The molecule has 2 heterocycles. The van der Waals surface area contributed by atoms with E-state index in [4.69, 9.17) is 5.73 Å². The van der Waals surface area contributed by atoms with Gasteiger partial charge in [-0.3, -0.25) is 4.98 Å². The number of aromatic nitrogens is 2. The van der Waals surface area contributed by atoms with Crippen LogP contribution in [0.2, 0.25) is 0 Å². The Balaban J connectivity index is 2.27. The molecule has 4 N–H and O–H groups in total. The molecule has 0 saturated heterocycles. The first-order valence-corrected chi connectivity index (χ1v) is 5.26. The summed E-state index contributed by atoms with van der Waals surface area (Å²) < 4.78 is 0. The number of nitrogen functional groups attached to an aromatic ring is 1. The first-order valence-electron chi connectivity index (χ1n) is 5.26. The molecule has 0 amide bonds. The Kier molecular flexibility index (Phi) is 2.01. The Labute approximate surface area is 97.7 Å². The molecule has 4 nitrogen and oxygen atoms in total.